The van der Waals surface area contributed by atoms with Crippen molar-refractivity contribution in [3.8, 4) is 33.6 Å². The predicted octanol–water partition coefficient (Wildman–Crippen LogP) is 14.6. The fourth-order valence-corrected chi connectivity index (χ4v) is 9.98. The van der Waals surface area contributed by atoms with Crippen molar-refractivity contribution in [3.05, 3.63) is 207 Å². The fraction of sp³-hybridized carbons (Fsp3) is 0. The van der Waals surface area contributed by atoms with Crippen molar-refractivity contribution in [2.24, 2.45) is 0 Å². The average Bonchev–Trinajstić information content (AvgIpc) is 3.82. The number of aromatic nitrogens is 4. The molecular formula is C56H34N4. The predicted molar refractivity (Wildman–Crippen MR) is 252 cm³/mol. The van der Waals surface area contributed by atoms with Crippen LogP contribution < -0.4 is 0 Å². The molecule has 0 spiro atoms. The van der Waals surface area contributed by atoms with E-state index in [9.17, 15) is 0 Å². The molecule has 4 aromatic heterocycles. The van der Waals surface area contributed by atoms with Gasteiger partial charge in [-0.2, -0.15) is 0 Å². The maximum Gasteiger partial charge on any atom is 0.0547 e. The average molecular weight is 763 g/mol. The van der Waals surface area contributed by atoms with Crippen LogP contribution in [0.25, 0.3) is 120 Å². The number of nitrogens with zero attached hydrogens (tertiary/aromatic N) is 4. The molecule has 4 heteroatoms. The number of pyridine rings is 2. The normalized spacial score (nSPS) is 12.0. The summed E-state index contributed by atoms with van der Waals surface area (Å²) in [6.45, 7) is 0. The Morgan fingerprint density at radius 2 is 0.667 bits per heavy atom. The Morgan fingerprint density at radius 3 is 1.12 bits per heavy atom. The molecule has 0 aliphatic carbocycles. The van der Waals surface area contributed by atoms with Crippen LogP contribution >= 0.6 is 0 Å². The van der Waals surface area contributed by atoms with Crippen LogP contribution in [-0.2, 0) is 0 Å². The van der Waals surface area contributed by atoms with E-state index in [1.165, 1.54) is 97.8 Å². The highest BCUT2D eigenvalue weighted by Crippen LogP contribution is 2.45. The molecular weight excluding hydrogens is 729 g/mol. The fourth-order valence-electron chi connectivity index (χ4n) is 9.98. The van der Waals surface area contributed by atoms with Gasteiger partial charge in [0.25, 0.3) is 0 Å². The molecule has 4 nitrogen and oxygen atoms in total. The van der Waals surface area contributed by atoms with Crippen molar-refractivity contribution in [1.82, 2.24) is 19.1 Å². The topological polar surface area (TPSA) is 35.6 Å². The highest BCUT2D eigenvalue weighted by Gasteiger charge is 2.20. The zero-order valence-electron chi connectivity index (χ0n) is 32.4. The van der Waals surface area contributed by atoms with Crippen LogP contribution in [0.5, 0.6) is 0 Å². The second kappa shape index (κ2) is 12.7. The minimum atomic E-state index is 1.15. The Morgan fingerprint density at radius 1 is 0.267 bits per heavy atom. The summed E-state index contributed by atoms with van der Waals surface area (Å²) < 4.78 is 4.84. The quantitative estimate of drug-likeness (QED) is 0.132. The molecule has 0 atom stereocenters. The number of fused-ring (bicyclic) bond motifs is 12. The second-order valence-corrected chi connectivity index (χ2v) is 15.8. The Balaban J connectivity index is 1.21. The van der Waals surface area contributed by atoms with E-state index in [0.717, 1.165) is 22.5 Å². The van der Waals surface area contributed by atoms with Crippen molar-refractivity contribution in [2.75, 3.05) is 0 Å². The first-order valence-electron chi connectivity index (χ1n) is 20.5. The van der Waals surface area contributed by atoms with E-state index in [1.807, 2.05) is 24.8 Å². The number of rotatable bonds is 4. The Labute approximate surface area is 344 Å². The molecule has 60 heavy (non-hydrogen) atoms. The van der Waals surface area contributed by atoms with Gasteiger partial charge < -0.3 is 9.13 Å². The van der Waals surface area contributed by atoms with Crippen LogP contribution in [0.2, 0.25) is 0 Å². The molecule has 0 saturated heterocycles. The summed E-state index contributed by atoms with van der Waals surface area (Å²) in [5.41, 5.74) is 11.8. The van der Waals surface area contributed by atoms with E-state index < -0.39 is 0 Å². The van der Waals surface area contributed by atoms with E-state index in [-0.39, 0.29) is 0 Å². The smallest absolute Gasteiger partial charge is 0.0547 e. The lowest BCUT2D eigenvalue weighted by Gasteiger charge is -2.16. The van der Waals surface area contributed by atoms with E-state index in [2.05, 4.69) is 201 Å². The van der Waals surface area contributed by atoms with Crippen LogP contribution in [0, 0.1) is 0 Å². The van der Waals surface area contributed by atoms with Gasteiger partial charge in [-0.05, 0) is 175 Å². The number of hydrogen-bond donors (Lipinski definition) is 0. The van der Waals surface area contributed by atoms with E-state index in [4.69, 9.17) is 0 Å². The molecule has 0 N–H and O–H groups in total. The summed E-state index contributed by atoms with van der Waals surface area (Å²) in [4.78, 5) is 8.80. The molecule has 0 aliphatic rings. The van der Waals surface area contributed by atoms with Crippen LogP contribution in [0.4, 0.5) is 0 Å². The Bertz CT molecular complexity index is 3600. The lowest BCUT2D eigenvalue weighted by atomic mass is 9.88. The Hall–Kier alpha value is -8.08. The van der Waals surface area contributed by atoms with Crippen molar-refractivity contribution >= 4 is 86.7 Å². The standard InChI is InChI=1S/C56H34N4/c1-3-11-39(12-4-1)59-53-17-9-7-15-41(53)51-31-47-43(35-19-23-57-24-20-35)28-37-27-38-29-44(36-21-25-58-26-22-36)48-32-52-42-16-8-10-18-54(42)60(40-13-5-2-6-14-40)56(52)34-50(48)46(38)30-45(37)49(47)33-55(51)59/h1-34H. The van der Waals surface area contributed by atoms with Gasteiger partial charge in [0.15, 0.2) is 0 Å². The first-order valence-corrected chi connectivity index (χ1v) is 20.5. The molecule has 0 fully saturated rings. The van der Waals surface area contributed by atoms with Crippen LogP contribution in [0.3, 0.4) is 0 Å². The maximum atomic E-state index is 4.40. The molecule has 4 heterocycles. The highest BCUT2D eigenvalue weighted by molar-refractivity contribution is 6.27. The summed E-state index contributed by atoms with van der Waals surface area (Å²) in [5, 5.41) is 14.7. The first-order chi connectivity index (χ1) is 29.8. The van der Waals surface area contributed by atoms with Crippen molar-refractivity contribution < 1.29 is 0 Å². The zero-order chi connectivity index (χ0) is 39.3. The summed E-state index contributed by atoms with van der Waals surface area (Å²) in [6.07, 6.45) is 7.59. The van der Waals surface area contributed by atoms with Crippen LogP contribution in [0.15, 0.2) is 207 Å². The van der Waals surface area contributed by atoms with Gasteiger partial charge in [-0.3, -0.25) is 9.97 Å². The number of benzene rings is 9. The third-order valence-electron chi connectivity index (χ3n) is 12.6. The summed E-state index contributed by atoms with van der Waals surface area (Å²) >= 11 is 0. The summed E-state index contributed by atoms with van der Waals surface area (Å²) in [6, 6.07) is 67.0. The summed E-state index contributed by atoms with van der Waals surface area (Å²) in [5.74, 6) is 0. The number of para-hydroxylation sites is 4. The second-order valence-electron chi connectivity index (χ2n) is 15.8. The molecule has 0 aliphatic heterocycles. The van der Waals surface area contributed by atoms with Gasteiger partial charge in [0.1, 0.15) is 0 Å². The number of hydrogen-bond acceptors (Lipinski definition) is 2. The van der Waals surface area contributed by atoms with Gasteiger partial charge in [-0.25, -0.2) is 0 Å². The molecule has 13 aromatic rings. The van der Waals surface area contributed by atoms with Gasteiger partial charge in [0, 0.05) is 57.7 Å². The van der Waals surface area contributed by atoms with Crippen LogP contribution in [-0.4, -0.2) is 19.1 Å². The van der Waals surface area contributed by atoms with Gasteiger partial charge >= 0.3 is 0 Å². The van der Waals surface area contributed by atoms with E-state index in [1.54, 1.807) is 0 Å². The van der Waals surface area contributed by atoms with Gasteiger partial charge in [-0.1, -0.05) is 72.8 Å². The van der Waals surface area contributed by atoms with Crippen molar-refractivity contribution in [3.63, 3.8) is 0 Å². The van der Waals surface area contributed by atoms with E-state index in [0.29, 0.717) is 0 Å². The molecule has 13 rings (SSSR count). The highest BCUT2D eigenvalue weighted by atomic mass is 15.0. The zero-order valence-corrected chi connectivity index (χ0v) is 32.4. The minimum Gasteiger partial charge on any atom is -0.309 e. The minimum absolute atomic E-state index is 1.15. The lowest BCUT2D eigenvalue weighted by molar-refractivity contribution is 1.18. The van der Waals surface area contributed by atoms with E-state index >= 15 is 0 Å². The summed E-state index contributed by atoms with van der Waals surface area (Å²) in [7, 11) is 0. The van der Waals surface area contributed by atoms with Gasteiger partial charge in [-0.15, -0.1) is 0 Å². The molecule has 0 amide bonds. The molecule has 0 saturated carbocycles. The molecule has 0 bridgehead atoms. The van der Waals surface area contributed by atoms with Crippen molar-refractivity contribution in [1.29, 1.82) is 0 Å². The van der Waals surface area contributed by atoms with Crippen LogP contribution in [0.1, 0.15) is 0 Å². The third-order valence-corrected chi connectivity index (χ3v) is 12.6. The lowest BCUT2D eigenvalue weighted by Crippen LogP contribution is -1.94. The molecule has 9 aromatic carbocycles. The molecule has 278 valence electrons. The van der Waals surface area contributed by atoms with Crippen molar-refractivity contribution in [2.45, 2.75) is 0 Å². The monoisotopic (exact) mass is 762 g/mol. The maximum absolute atomic E-state index is 4.40. The first kappa shape index (κ1) is 32.9. The molecule has 0 radical (unpaired) electrons. The third kappa shape index (κ3) is 4.79. The largest absolute Gasteiger partial charge is 0.309 e. The Kier molecular flexibility index (Phi) is 6.98. The van der Waals surface area contributed by atoms with Gasteiger partial charge in [0.2, 0.25) is 0 Å². The SMILES string of the molecule is c1ccc(-n2c3ccccc3c3cc4c(-c5ccncc5)cc5cc6cc(-c7ccncc7)c7cc8c9ccccc9n(-c9ccccc9)c8cc7c6cc5c4cc32)cc1. The van der Waals surface area contributed by atoms with Gasteiger partial charge in [0.05, 0.1) is 22.1 Å². The molecule has 0 unspecified atom stereocenters.